The summed E-state index contributed by atoms with van der Waals surface area (Å²) in [5, 5.41) is 0. The van der Waals surface area contributed by atoms with Crippen LogP contribution in [0.15, 0.2) is 24.5 Å². The first-order valence-electron chi connectivity index (χ1n) is 8.68. The van der Waals surface area contributed by atoms with Gasteiger partial charge < -0.3 is 14.5 Å². The molecule has 1 aromatic rings. The lowest BCUT2D eigenvalue weighted by Crippen LogP contribution is -2.57. The molecular formula is C18H23N3O4S2. The number of rotatable bonds is 4. The number of hydrogen-bond acceptors (Lipinski definition) is 7. The molecule has 146 valence electrons. The van der Waals surface area contributed by atoms with Gasteiger partial charge in [-0.2, -0.15) is 0 Å². The minimum absolute atomic E-state index is 0.155. The Labute approximate surface area is 166 Å². The van der Waals surface area contributed by atoms with E-state index >= 15 is 0 Å². The Bertz CT molecular complexity index is 762. The molecule has 2 aliphatic rings. The lowest BCUT2D eigenvalue weighted by molar-refractivity contribution is -0.154. The molecule has 0 aromatic carbocycles. The number of aromatic nitrogens is 1. The lowest BCUT2D eigenvalue weighted by atomic mass is 9.78. The summed E-state index contributed by atoms with van der Waals surface area (Å²) in [6.07, 6.45) is 3.48. The summed E-state index contributed by atoms with van der Waals surface area (Å²) in [6.45, 7) is 4.17. The highest BCUT2D eigenvalue weighted by Crippen LogP contribution is 2.63. The molecule has 2 amide bonds. The smallest absolute Gasteiger partial charge is 0.314 e. The third-order valence-corrected chi connectivity index (χ3v) is 8.12. The van der Waals surface area contributed by atoms with Crippen LogP contribution >= 0.6 is 21.6 Å². The van der Waals surface area contributed by atoms with E-state index in [1.165, 1.54) is 28.7 Å². The number of esters is 1. The predicted molar refractivity (Wildman–Crippen MR) is 105 cm³/mol. The van der Waals surface area contributed by atoms with Crippen LogP contribution < -0.4 is 0 Å². The van der Waals surface area contributed by atoms with E-state index in [2.05, 4.69) is 4.98 Å². The van der Waals surface area contributed by atoms with Crippen molar-refractivity contribution < 1.29 is 19.1 Å². The van der Waals surface area contributed by atoms with Crippen LogP contribution in [0.5, 0.6) is 0 Å². The highest BCUT2D eigenvalue weighted by atomic mass is 33.1. The Morgan fingerprint density at radius 3 is 2.81 bits per heavy atom. The van der Waals surface area contributed by atoms with Crippen molar-refractivity contribution in [3.05, 3.63) is 30.1 Å². The predicted octanol–water partition coefficient (Wildman–Crippen LogP) is 2.10. The number of ether oxygens (including phenoxy) is 1. The number of fused-ring (bicyclic) bond motifs is 1. The summed E-state index contributed by atoms with van der Waals surface area (Å²) in [7, 11) is 5.78. The number of likely N-dealkylation sites (N-methyl/N-ethyl adjacent to an activating group) is 1. The van der Waals surface area contributed by atoms with Crippen molar-refractivity contribution in [1.29, 1.82) is 0 Å². The molecule has 27 heavy (non-hydrogen) atoms. The first kappa shape index (κ1) is 20.0. The van der Waals surface area contributed by atoms with Gasteiger partial charge in [-0.05, 0) is 25.5 Å². The fourth-order valence-electron chi connectivity index (χ4n) is 3.96. The number of amides is 2. The van der Waals surface area contributed by atoms with Gasteiger partial charge in [0.2, 0.25) is 5.91 Å². The van der Waals surface area contributed by atoms with Gasteiger partial charge >= 0.3 is 5.97 Å². The monoisotopic (exact) mass is 409 g/mol. The molecule has 2 saturated heterocycles. The minimum atomic E-state index is -1.14. The molecule has 0 N–H and O–H groups in total. The van der Waals surface area contributed by atoms with Crippen LogP contribution in [0.25, 0.3) is 0 Å². The van der Waals surface area contributed by atoms with Crippen LogP contribution in [0, 0.1) is 5.41 Å². The molecule has 0 spiro atoms. The average Bonchev–Trinajstić information content (AvgIpc) is 2.98. The summed E-state index contributed by atoms with van der Waals surface area (Å²) >= 11 is 0. The van der Waals surface area contributed by atoms with Crippen LogP contribution in [-0.4, -0.2) is 63.9 Å². The van der Waals surface area contributed by atoms with Gasteiger partial charge in [-0.25, -0.2) is 0 Å². The molecular weight excluding hydrogens is 386 g/mol. The molecule has 0 aliphatic carbocycles. The molecule has 0 saturated carbocycles. The molecule has 3 heterocycles. The van der Waals surface area contributed by atoms with E-state index < -0.39 is 22.3 Å². The Balaban J connectivity index is 2.21. The summed E-state index contributed by atoms with van der Waals surface area (Å²) in [5.41, 5.74) is -0.338. The van der Waals surface area contributed by atoms with Gasteiger partial charge in [0.25, 0.3) is 5.91 Å². The minimum Gasteiger partial charge on any atom is -0.469 e. The number of methoxy groups -OCH3 is 1. The Morgan fingerprint density at radius 2 is 2.22 bits per heavy atom. The zero-order valence-electron chi connectivity index (χ0n) is 15.8. The Morgan fingerprint density at radius 1 is 1.48 bits per heavy atom. The fraction of sp³-hybridized carbons (Fsp3) is 0.556. The normalized spacial score (nSPS) is 30.0. The number of carbonyl (C=O) groups is 3. The molecule has 1 aromatic heterocycles. The first-order valence-corrected chi connectivity index (χ1v) is 11.0. The van der Waals surface area contributed by atoms with Gasteiger partial charge in [0.1, 0.15) is 0 Å². The summed E-state index contributed by atoms with van der Waals surface area (Å²) < 4.78 is 5.10. The standard InChI is InChI=1S/C18H23N3O4S2/c1-5-20(3)15(23)18-11-17(2,16(24)25-4)14(12-7-6-8-19-9-12)21(18)13(22)10-26-27-18/h6-9,14H,5,10-11H2,1-4H3/t14-,17-,18-/m0/s1. The van der Waals surface area contributed by atoms with Crippen molar-refractivity contribution in [2.24, 2.45) is 5.41 Å². The number of pyridine rings is 1. The highest BCUT2D eigenvalue weighted by Gasteiger charge is 2.68. The topological polar surface area (TPSA) is 79.8 Å². The first-order chi connectivity index (χ1) is 12.8. The van der Waals surface area contributed by atoms with E-state index in [4.69, 9.17) is 4.74 Å². The van der Waals surface area contributed by atoms with Gasteiger partial charge in [0.05, 0.1) is 24.3 Å². The largest absolute Gasteiger partial charge is 0.469 e. The van der Waals surface area contributed by atoms with E-state index in [-0.39, 0.29) is 24.0 Å². The van der Waals surface area contributed by atoms with E-state index in [1.54, 1.807) is 42.2 Å². The van der Waals surface area contributed by atoms with Crippen molar-refractivity contribution in [2.45, 2.75) is 31.2 Å². The van der Waals surface area contributed by atoms with Gasteiger partial charge in [0.15, 0.2) is 4.87 Å². The quantitative estimate of drug-likeness (QED) is 0.556. The Hall–Kier alpha value is -1.74. The zero-order valence-corrected chi connectivity index (χ0v) is 17.4. The number of nitrogens with zero attached hydrogens (tertiary/aromatic N) is 3. The van der Waals surface area contributed by atoms with Crippen LogP contribution in [0.1, 0.15) is 31.9 Å². The Kier molecular flexibility index (Phi) is 5.45. The number of carbonyl (C=O) groups excluding carboxylic acids is 3. The van der Waals surface area contributed by atoms with E-state index in [0.717, 1.165) is 5.56 Å². The molecule has 3 atom stereocenters. The lowest BCUT2D eigenvalue weighted by Gasteiger charge is -2.43. The van der Waals surface area contributed by atoms with Gasteiger partial charge in [-0.15, -0.1) is 0 Å². The second-order valence-electron chi connectivity index (χ2n) is 6.99. The average molecular weight is 410 g/mol. The van der Waals surface area contributed by atoms with Crippen molar-refractivity contribution in [1.82, 2.24) is 14.8 Å². The van der Waals surface area contributed by atoms with Gasteiger partial charge in [-0.3, -0.25) is 19.4 Å². The second kappa shape index (κ2) is 7.35. The highest BCUT2D eigenvalue weighted by molar-refractivity contribution is 8.77. The number of hydrogen-bond donors (Lipinski definition) is 0. The van der Waals surface area contributed by atoms with Crippen molar-refractivity contribution in [2.75, 3.05) is 26.5 Å². The summed E-state index contributed by atoms with van der Waals surface area (Å²) in [6, 6.07) is 2.99. The van der Waals surface area contributed by atoms with Crippen molar-refractivity contribution >= 4 is 39.4 Å². The maximum absolute atomic E-state index is 13.4. The second-order valence-corrected chi connectivity index (χ2v) is 9.56. The van der Waals surface area contributed by atoms with E-state index in [9.17, 15) is 14.4 Å². The van der Waals surface area contributed by atoms with Crippen molar-refractivity contribution in [3.8, 4) is 0 Å². The van der Waals surface area contributed by atoms with E-state index in [0.29, 0.717) is 6.54 Å². The van der Waals surface area contributed by atoms with Crippen molar-refractivity contribution in [3.63, 3.8) is 0 Å². The summed E-state index contributed by atoms with van der Waals surface area (Å²) in [4.78, 5) is 45.5. The third kappa shape index (κ3) is 3.00. The SMILES string of the molecule is CCN(C)C(=O)[C@@]12C[C@](C)(C(=O)OC)[C@H](c3cccnc3)N1C(=O)CSS2. The molecule has 7 nitrogen and oxygen atoms in total. The molecule has 0 unspecified atom stereocenters. The van der Waals surface area contributed by atoms with Crippen LogP contribution in [0.4, 0.5) is 0 Å². The molecule has 9 heteroatoms. The van der Waals surface area contributed by atoms with Crippen LogP contribution in [0.3, 0.4) is 0 Å². The fourth-order valence-corrected chi connectivity index (χ4v) is 7.03. The van der Waals surface area contributed by atoms with Crippen LogP contribution in [0.2, 0.25) is 0 Å². The maximum atomic E-state index is 13.4. The third-order valence-electron chi connectivity index (χ3n) is 5.31. The summed E-state index contributed by atoms with van der Waals surface area (Å²) in [5.74, 6) is -0.505. The van der Waals surface area contributed by atoms with Gasteiger partial charge in [-0.1, -0.05) is 27.7 Å². The molecule has 2 fully saturated rings. The maximum Gasteiger partial charge on any atom is 0.314 e. The molecule has 0 bridgehead atoms. The molecule has 3 rings (SSSR count). The van der Waals surface area contributed by atoms with E-state index in [1.807, 2.05) is 13.0 Å². The van der Waals surface area contributed by atoms with Gasteiger partial charge in [0, 0.05) is 32.4 Å². The van der Waals surface area contributed by atoms with Crippen LogP contribution in [-0.2, 0) is 19.1 Å². The zero-order chi connectivity index (χ0) is 19.8. The molecule has 0 radical (unpaired) electrons. The molecule has 2 aliphatic heterocycles.